The second-order valence-corrected chi connectivity index (χ2v) is 8.04. The number of piperazine rings is 1. The van der Waals surface area contributed by atoms with Crippen molar-refractivity contribution < 1.29 is 5.11 Å². The Morgan fingerprint density at radius 3 is 1.97 bits per heavy atom. The summed E-state index contributed by atoms with van der Waals surface area (Å²) in [5.74, 6) is -0.128. The van der Waals surface area contributed by atoms with Crippen molar-refractivity contribution in [1.82, 2.24) is 14.4 Å². The Balaban J connectivity index is 1.51. The summed E-state index contributed by atoms with van der Waals surface area (Å²) in [5.41, 5.74) is 3.86. The average Bonchev–Trinajstić information content (AvgIpc) is 2.78. The molecule has 1 N–H and O–H groups in total. The molecule has 30 heavy (non-hydrogen) atoms. The molecule has 0 saturated carbocycles. The summed E-state index contributed by atoms with van der Waals surface area (Å²) in [6, 6.07) is 23.0. The van der Waals surface area contributed by atoms with Crippen LogP contribution in [0.1, 0.15) is 28.6 Å². The van der Waals surface area contributed by atoms with Crippen LogP contribution in [0.2, 0.25) is 0 Å². The first kappa shape index (κ1) is 20.4. The Morgan fingerprint density at radius 2 is 1.43 bits per heavy atom. The molecular weight excluding hydrogens is 374 g/mol. The molecule has 1 aliphatic heterocycles. The van der Waals surface area contributed by atoms with Gasteiger partial charge in [-0.1, -0.05) is 60.7 Å². The average molecular weight is 404 g/mol. The summed E-state index contributed by atoms with van der Waals surface area (Å²) in [6.07, 6.45) is 0. The van der Waals surface area contributed by atoms with Gasteiger partial charge in [0, 0.05) is 51.5 Å². The number of nitrogens with zero attached hydrogens (tertiary/aromatic N) is 3. The van der Waals surface area contributed by atoms with Crippen LogP contribution in [-0.4, -0.2) is 45.7 Å². The molecule has 5 nitrogen and oxygen atoms in total. The Bertz CT molecular complexity index is 1000. The molecule has 1 aliphatic rings. The van der Waals surface area contributed by atoms with Crippen molar-refractivity contribution >= 4 is 0 Å². The number of hydrogen-bond acceptors (Lipinski definition) is 4. The molecule has 4 rings (SSSR count). The lowest BCUT2D eigenvalue weighted by atomic mass is 9.96. The fourth-order valence-electron chi connectivity index (χ4n) is 4.33. The van der Waals surface area contributed by atoms with E-state index in [-0.39, 0.29) is 17.2 Å². The number of aromatic nitrogens is 1. The zero-order valence-electron chi connectivity index (χ0n) is 17.7. The summed E-state index contributed by atoms with van der Waals surface area (Å²) < 4.78 is 1.92. The van der Waals surface area contributed by atoms with Crippen molar-refractivity contribution in [2.24, 2.45) is 7.05 Å². The van der Waals surface area contributed by atoms with E-state index in [0.29, 0.717) is 12.2 Å². The van der Waals surface area contributed by atoms with Crippen LogP contribution in [0.15, 0.2) is 71.5 Å². The molecule has 0 spiro atoms. The first-order valence-corrected chi connectivity index (χ1v) is 10.5. The number of benzene rings is 2. The predicted octanol–water partition coefficient (Wildman–Crippen LogP) is 3.31. The molecule has 2 aromatic carbocycles. The highest BCUT2D eigenvalue weighted by Gasteiger charge is 2.27. The molecule has 0 unspecified atom stereocenters. The number of pyridine rings is 1. The molecule has 3 aromatic rings. The second kappa shape index (κ2) is 8.86. The lowest BCUT2D eigenvalue weighted by Gasteiger charge is -2.40. The molecule has 156 valence electrons. The number of rotatable bonds is 5. The molecule has 2 heterocycles. The van der Waals surface area contributed by atoms with Crippen molar-refractivity contribution in [3.8, 4) is 5.75 Å². The highest BCUT2D eigenvalue weighted by molar-refractivity contribution is 5.32. The van der Waals surface area contributed by atoms with Crippen molar-refractivity contribution in [3.05, 3.63) is 99.5 Å². The maximum atomic E-state index is 12.0. The van der Waals surface area contributed by atoms with Crippen LogP contribution < -0.4 is 5.43 Å². The van der Waals surface area contributed by atoms with Gasteiger partial charge in [0.15, 0.2) is 5.75 Å². The van der Waals surface area contributed by atoms with Gasteiger partial charge in [-0.3, -0.25) is 14.6 Å². The van der Waals surface area contributed by atoms with E-state index in [1.54, 1.807) is 0 Å². The van der Waals surface area contributed by atoms with E-state index >= 15 is 0 Å². The number of aromatic hydroxyl groups is 1. The van der Waals surface area contributed by atoms with E-state index in [1.807, 2.05) is 18.5 Å². The highest BCUT2D eigenvalue weighted by Crippen LogP contribution is 2.29. The molecule has 5 heteroatoms. The van der Waals surface area contributed by atoms with Crippen LogP contribution in [0.3, 0.4) is 0 Å². The van der Waals surface area contributed by atoms with Gasteiger partial charge in [0.1, 0.15) is 0 Å². The maximum Gasteiger partial charge on any atom is 0.223 e. The molecule has 0 bridgehead atoms. The van der Waals surface area contributed by atoms with Crippen LogP contribution in [0.5, 0.6) is 5.75 Å². The molecule has 1 aromatic heterocycles. The van der Waals surface area contributed by atoms with Gasteiger partial charge in [-0.25, -0.2) is 0 Å². The van der Waals surface area contributed by atoms with Crippen LogP contribution in [0.25, 0.3) is 0 Å². The zero-order chi connectivity index (χ0) is 21.1. The van der Waals surface area contributed by atoms with Gasteiger partial charge in [-0.05, 0) is 18.1 Å². The van der Waals surface area contributed by atoms with Gasteiger partial charge in [-0.2, -0.15) is 0 Å². The third-order valence-corrected chi connectivity index (χ3v) is 6.16. The Hall–Kier alpha value is -2.89. The third kappa shape index (κ3) is 4.18. The van der Waals surface area contributed by atoms with Gasteiger partial charge in [0.25, 0.3) is 0 Å². The molecule has 0 radical (unpaired) electrons. The Labute approximate surface area is 177 Å². The standard InChI is InChI=1S/C25H29N3O2/c1-19-17-23(29)25(30)22(26(19)2)18-27-13-15-28(16-14-27)24(20-9-5-3-6-10-20)21-11-7-4-8-12-21/h3-12,17,24,30H,13-16,18H2,1-2H3. The summed E-state index contributed by atoms with van der Waals surface area (Å²) in [6.45, 7) is 6.10. The van der Waals surface area contributed by atoms with Crippen molar-refractivity contribution in [2.75, 3.05) is 26.2 Å². The topological polar surface area (TPSA) is 48.7 Å². The first-order chi connectivity index (χ1) is 14.5. The van der Waals surface area contributed by atoms with Gasteiger partial charge in [-0.15, -0.1) is 0 Å². The van der Waals surface area contributed by atoms with Crippen LogP contribution in [0.4, 0.5) is 0 Å². The fraction of sp³-hybridized carbons (Fsp3) is 0.320. The van der Waals surface area contributed by atoms with Crippen molar-refractivity contribution in [1.29, 1.82) is 0 Å². The second-order valence-electron chi connectivity index (χ2n) is 8.04. The van der Waals surface area contributed by atoms with Gasteiger partial charge >= 0.3 is 0 Å². The van der Waals surface area contributed by atoms with Gasteiger partial charge < -0.3 is 9.67 Å². The van der Waals surface area contributed by atoms with E-state index in [2.05, 4.69) is 70.5 Å². The van der Waals surface area contributed by atoms with E-state index in [1.165, 1.54) is 17.2 Å². The lowest BCUT2D eigenvalue weighted by Crippen LogP contribution is -2.47. The first-order valence-electron chi connectivity index (χ1n) is 10.5. The zero-order valence-corrected chi connectivity index (χ0v) is 17.7. The summed E-state index contributed by atoms with van der Waals surface area (Å²) in [7, 11) is 1.90. The molecule has 0 atom stereocenters. The SMILES string of the molecule is Cc1cc(=O)c(O)c(CN2CCN(C(c3ccccc3)c3ccccc3)CC2)n1C. The van der Waals surface area contributed by atoms with Gasteiger partial charge in [0.2, 0.25) is 5.43 Å². The van der Waals surface area contributed by atoms with Crippen LogP contribution >= 0.6 is 0 Å². The van der Waals surface area contributed by atoms with Gasteiger partial charge in [0.05, 0.1) is 11.7 Å². The summed E-state index contributed by atoms with van der Waals surface area (Å²) in [4.78, 5) is 16.9. The molecule has 0 aliphatic carbocycles. The van der Waals surface area contributed by atoms with Crippen LogP contribution in [0, 0.1) is 6.92 Å². The summed E-state index contributed by atoms with van der Waals surface area (Å²) in [5, 5.41) is 10.3. The molecule has 1 saturated heterocycles. The van der Waals surface area contributed by atoms with E-state index in [4.69, 9.17) is 0 Å². The molecular formula is C25H29N3O2. The third-order valence-electron chi connectivity index (χ3n) is 6.16. The molecule has 0 amide bonds. The number of aryl methyl sites for hydroxylation is 1. The quantitative estimate of drug-likeness (QED) is 0.710. The van der Waals surface area contributed by atoms with E-state index in [9.17, 15) is 9.90 Å². The Kier molecular flexibility index (Phi) is 6.02. The van der Waals surface area contributed by atoms with Crippen molar-refractivity contribution in [3.63, 3.8) is 0 Å². The van der Waals surface area contributed by atoms with Crippen molar-refractivity contribution in [2.45, 2.75) is 19.5 Å². The minimum atomic E-state index is -0.299. The number of hydrogen-bond donors (Lipinski definition) is 1. The predicted molar refractivity (Wildman–Crippen MR) is 120 cm³/mol. The largest absolute Gasteiger partial charge is 0.503 e. The maximum absolute atomic E-state index is 12.0. The highest BCUT2D eigenvalue weighted by atomic mass is 16.3. The fourth-order valence-corrected chi connectivity index (χ4v) is 4.33. The minimum absolute atomic E-state index is 0.128. The lowest BCUT2D eigenvalue weighted by molar-refractivity contribution is 0.102. The minimum Gasteiger partial charge on any atom is -0.503 e. The van der Waals surface area contributed by atoms with E-state index in [0.717, 1.165) is 31.9 Å². The monoisotopic (exact) mass is 403 g/mol. The smallest absolute Gasteiger partial charge is 0.223 e. The van der Waals surface area contributed by atoms with E-state index < -0.39 is 0 Å². The molecule has 1 fully saturated rings. The van der Waals surface area contributed by atoms with Crippen LogP contribution in [-0.2, 0) is 13.6 Å². The summed E-state index contributed by atoms with van der Waals surface area (Å²) >= 11 is 0. The normalized spacial score (nSPS) is 15.6. The Morgan fingerprint density at radius 1 is 0.900 bits per heavy atom.